The molecule has 110 valence electrons. The molecule has 0 aromatic carbocycles. The van der Waals surface area contributed by atoms with Gasteiger partial charge in [-0.05, 0) is 26.7 Å². The van der Waals surface area contributed by atoms with Gasteiger partial charge in [0, 0.05) is 13.2 Å². The molecule has 1 aliphatic heterocycles. The summed E-state index contributed by atoms with van der Waals surface area (Å²) in [5, 5.41) is 17.3. The Kier molecular flexibility index (Phi) is 4.67. The second-order valence-electron chi connectivity index (χ2n) is 4.68. The Hall–Kier alpha value is -1.96. The highest BCUT2D eigenvalue weighted by molar-refractivity contribution is 5.61. The van der Waals surface area contributed by atoms with Crippen LogP contribution in [0.25, 0.3) is 0 Å². The first-order valence-electron chi connectivity index (χ1n) is 6.73. The van der Waals surface area contributed by atoms with E-state index in [0.717, 1.165) is 19.4 Å². The minimum absolute atomic E-state index is 0.0474. The molecule has 1 aromatic rings. The van der Waals surface area contributed by atoms with E-state index in [-0.39, 0.29) is 17.5 Å². The largest absolute Gasteiger partial charge is 0.379 e. The molecule has 1 fully saturated rings. The maximum absolute atomic E-state index is 11.2. The predicted molar refractivity (Wildman–Crippen MR) is 75.1 cm³/mol. The Morgan fingerprint density at radius 1 is 1.50 bits per heavy atom. The lowest BCUT2D eigenvalue weighted by molar-refractivity contribution is -0.385. The van der Waals surface area contributed by atoms with Gasteiger partial charge < -0.3 is 15.4 Å². The van der Waals surface area contributed by atoms with Crippen LogP contribution in [0.5, 0.6) is 0 Å². The molecule has 0 spiro atoms. The highest BCUT2D eigenvalue weighted by atomic mass is 16.6. The predicted octanol–water partition coefficient (Wildman–Crippen LogP) is 1.72. The molecule has 1 saturated heterocycles. The van der Waals surface area contributed by atoms with Crippen molar-refractivity contribution in [2.75, 3.05) is 30.4 Å². The van der Waals surface area contributed by atoms with Crippen LogP contribution in [0.4, 0.5) is 17.5 Å². The molecule has 2 rings (SSSR count). The van der Waals surface area contributed by atoms with Crippen molar-refractivity contribution in [3.63, 3.8) is 0 Å². The van der Waals surface area contributed by atoms with Crippen molar-refractivity contribution >= 4 is 17.5 Å². The molecular formula is C12H19N5O3. The summed E-state index contributed by atoms with van der Waals surface area (Å²) in [6.45, 7) is 5.47. The highest BCUT2D eigenvalue weighted by Gasteiger charge is 2.25. The standard InChI is InChI=1S/C12H19N5O3/c1-3-13-12-14-8(2)10(17(18)19)11(16-12)15-9-5-4-6-20-7-9/h9H,3-7H2,1-2H3,(H2,13,14,15,16). The maximum Gasteiger partial charge on any atom is 0.332 e. The van der Waals surface area contributed by atoms with Crippen molar-refractivity contribution in [1.82, 2.24) is 9.97 Å². The number of nitrogens with zero attached hydrogens (tertiary/aromatic N) is 3. The van der Waals surface area contributed by atoms with Gasteiger partial charge in [-0.25, -0.2) is 4.98 Å². The molecule has 1 atom stereocenters. The molecule has 8 heteroatoms. The number of hydrogen-bond acceptors (Lipinski definition) is 7. The zero-order valence-corrected chi connectivity index (χ0v) is 11.7. The molecule has 1 aromatic heterocycles. The van der Waals surface area contributed by atoms with Gasteiger partial charge in [0.05, 0.1) is 17.6 Å². The van der Waals surface area contributed by atoms with E-state index in [0.29, 0.717) is 24.8 Å². The molecule has 0 bridgehead atoms. The van der Waals surface area contributed by atoms with Crippen LogP contribution in [0, 0.1) is 17.0 Å². The Morgan fingerprint density at radius 2 is 2.30 bits per heavy atom. The molecule has 1 aliphatic rings. The minimum Gasteiger partial charge on any atom is -0.379 e. The van der Waals surface area contributed by atoms with Gasteiger partial charge in [-0.3, -0.25) is 10.1 Å². The molecule has 20 heavy (non-hydrogen) atoms. The van der Waals surface area contributed by atoms with E-state index in [1.54, 1.807) is 6.92 Å². The SMILES string of the molecule is CCNc1nc(C)c([N+](=O)[O-])c(NC2CCCOC2)n1. The Labute approximate surface area is 117 Å². The second-order valence-corrected chi connectivity index (χ2v) is 4.68. The molecule has 0 amide bonds. The molecule has 0 saturated carbocycles. The van der Waals surface area contributed by atoms with Crippen LogP contribution < -0.4 is 10.6 Å². The van der Waals surface area contributed by atoms with Gasteiger partial charge in [-0.15, -0.1) is 0 Å². The van der Waals surface area contributed by atoms with Crippen molar-refractivity contribution < 1.29 is 9.66 Å². The van der Waals surface area contributed by atoms with Crippen LogP contribution in [0.15, 0.2) is 0 Å². The van der Waals surface area contributed by atoms with E-state index in [9.17, 15) is 10.1 Å². The quantitative estimate of drug-likeness (QED) is 0.625. The number of aromatic nitrogens is 2. The van der Waals surface area contributed by atoms with E-state index in [2.05, 4.69) is 20.6 Å². The third-order valence-electron chi connectivity index (χ3n) is 3.08. The fraction of sp³-hybridized carbons (Fsp3) is 0.667. The number of aryl methyl sites for hydroxylation is 1. The molecule has 0 aliphatic carbocycles. The summed E-state index contributed by atoms with van der Waals surface area (Å²) in [6.07, 6.45) is 1.85. The van der Waals surface area contributed by atoms with Crippen LogP contribution in [-0.4, -0.2) is 40.7 Å². The van der Waals surface area contributed by atoms with Gasteiger partial charge in [-0.1, -0.05) is 0 Å². The molecule has 8 nitrogen and oxygen atoms in total. The summed E-state index contributed by atoms with van der Waals surface area (Å²) in [4.78, 5) is 19.1. The Morgan fingerprint density at radius 3 is 2.90 bits per heavy atom. The summed E-state index contributed by atoms with van der Waals surface area (Å²) in [5.74, 6) is 0.656. The average molecular weight is 281 g/mol. The van der Waals surface area contributed by atoms with Crippen molar-refractivity contribution in [2.45, 2.75) is 32.7 Å². The van der Waals surface area contributed by atoms with Gasteiger partial charge in [-0.2, -0.15) is 4.98 Å². The number of nitro groups is 1. The zero-order chi connectivity index (χ0) is 14.5. The minimum atomic E-state index is -0.447. The van der Waals surface area contributed by atoms with Gasteiger partial charge in [0.25, 0.3) is 0 Å². The number of hydrogen-bond donors (Lipinski definition) is 2. The van der Waals surface area contributed by atoms with E-state index in [4.69, 9.17) is 4.74 Å². The molecule has 0 radical (unpaired) electrons. The maximum atomic E-state index is 11.2. The zero-order valence-electron chi connectivity index (χ0n) is 11.7. The topological polar surface area (TPSA) is 102 Å². The smallest absolute Gasteiger partial charge is 0.332 e. The summed E-state index contributed by atoms with van der Waals surface area (Å²) in [5.41, 5.74) is 0.275. The first-order valence-corrected chi connectivity index (χ1v) is 6.73. The van der Waals surface area contributed by atoms with Crippen molar-refractivity contribution in [3.8, 4) is 0 Å². The summed E-state index contributed by atoms with van der Waals surface area (Å²) in [7, 11) is 0. The fourth-order valence-corrected chi connectivity index (χ4v) is 2.17. The van der Waals surface area contributed by atoms with E-state index < -0.39 is 4.92 Å². The molecule has 1 unspecified atom stereocenters. The van der Waals surface area contributed by atoms with Gasteiger partial charge in [0.2, 0.25) is 11.8 Å². The van der Waals surface area contributed by atoms with Crippen molar-refractivity contribution in [2.24, 2.45) is 0 Å². The van der Waals surface area contributed by atoms with Gasteiger partial charge in [0.1, 0.15) is 5.69 Å². The van der Waals surface area contributed by atoms with E-state index in [1.807, 2.05) is 6.92 Å². The van der Waals surface area contributed by atoms with Crippen LogP contribution in [0.2, 0.25) is 0 Å². The lowest BCUT2D eigenvalue weighted by Crippen LogP contribution is -2.31. The van der Waals surface area contributed by atoms with Crippen LogP contribution >= 0.6 is 0 Å². The number of ether oxygens (including phenoxy) is 1. The van der Waals surface area contributed by atoms with Crippen LogP contribution in [0.3, 0.4) is 0 Å². The lowest BCUT2D eigenvalue weighted by atomic mass is 10.1. The van der Waals surface area contributed by atoms with Crippen molar-refractivity contribution in [1.29, 1.82) is 0 Å². The second kappa shape index (κ2) is 6.47. The number of anilines is 2. The molecule has 2 N–H and O–H groups in total. The van der Waals surface area contributed by atoms with Gasteiger partial charge in [0.15, 0.2) is 0 Å². The van der Waals surface area contributed by atoms with Crippen LogP contribution in [-0.2, 0) is 4.74 Å². The summed E-state index contributed by atoms with van der Waals surface area (Å²) >= 11 is 0. The normalized spacial score (nSPS) is 18.6. The lowest BCUT2D eigenvalue weighted by Gasteiger charge is -2.23. The third-order valence-corrected chi connectivity index (χ3v) is 3.08. The first kappa shape index (κ1) is 14.4. The summed E-state index contributed by atoms with van der Waals surface area (Å²) < 4.78 is 5.37. The molecular weight excluding hydrogens is 262 g/mol. The summed E-state index contributed by atoms with van der Waals surface area (Å²) in [6, 6.07) is 0.0474. The van der Waals surface area contributed by atoms with E-state index in [1.165, 1.54) is 0 Å². The number of nitrogens with one attached hydrogen (secondary N) is 2. The third kappa shape index (κ3) is 3.32. The monoisotopic (exact) mass is 281 g/mol. The Balaban J connectivity index is 2.28. The average Bonchev–Trinajstić information content (AvgIpc) is 2.39. The van der Waals surface area contributed by atoms with E-state index >= 15 is 0 Å². The highest BCUT2D eigenvalue weighted by Crippen LogP contribution is 2.28. The first-order chi connectivity index (χ1) is 9.61. The Bertz CT molecular complexity index is 488. The van der Waals surface area contributed by atoms with Crippen molar-refractivity contribution in [3.05, 3.63) is 15.8 Å². The van der Waals surface area contributed by atoms with Crippen LogP contribution in [0.1, 0.15) is 25.5 Å². The molecule has 2 heterocycles. The fourth-order valence-electron chi connectivity index (χ4n) is 2.17. The van der Waals surface area contributed by atoms with Gasteiger partial charge >= 0.3 is 5.69 Å². The number of rotatable bonds is 5.